The molecule has 8 atom stereocenters. The fraction of sp³-hybridized carbons (Fsp3) is 0.450. The molecule has 20 heteroatoms. The second-order valence-electron chi connectivity index (χ2n) is 15.3. The second kappa shape index (κ2) is 20.1. The van der Waals surface area contributed by atoms with Crippen molar-refractivity contribution in [3.63, 3.8) is 0 Å². The Kier molecular flexibility index (Phi) is 14.9. The minimum absolute atomic E-state index is 0.00217. The summed E-state index contributed by atoms with van der Waals surface area (Å²) in [5, 5.41) is 31.9. The molecule has 1 aliphatic rings. The van der Waals surface area contributed by atoms with Gasteiger partial charge in [0, 0.05) is 68.2 Å². The molecule has 0 bridgehead atoms. The predicted molar refractivity (Wildman–Crippen MR) is 217 cm³/mol. The van der Waals surface area contributed by atoms with Crippen molar-refractivity contribution in [1.82, 2.24) is 45.7 Å². The molecule has 5 rings (SSSR count). The average molecular weight is 833 g/mol. The average Bonchev–Trinajstić information content (AvgIpc) is 3.79. The number of aliphatic hydroxyl groups is 1. The number of pyridine rings is 1. The third-order valence-corrected chi connectivity index (χ3v) is 10.3. The zero-order valence-corrected chi connectivity index (χ0v) is 33.7. The molecule has 60 heavy (non-hydrogen) atoms. The molecule has 10 N–H and O–H groups in total. The molecule has 0 unspecified atom stereocenters. The summed E-state index contributed by atoms with van der Waals surface area (Å²) in [7, 11) is 1.43. The van der Waals surface area contributed by atoms with Crippen LogP contribution >= 0.6 is 0 Å². The second-order valence-corrected chi connectivity index (χ2v) is 15.3. The van der Waals surface area contributed by atoms with Gasteiger partial charge in [-0.2, -0.15) is 0 Å². The fourth-order valence-electron chi connectivity index (χ4n) is 7.05. The number of hydrogen-bond acceptors (Lipinski definition) is 11. The standard InChI is InChI=1S/C40H52N10O10/c1-21(2)14-29(45-39(58)46-30(38(56)57)16-24-19-43-28-10-6-5-9-26(24)28)34(53)48-33(22(3)49(4)36(55)27(41)15-23-8-7-12-42-18-23)35(54)44-20-25-17-31(51)37(60-25)50-13-11-32(52)47-40(50)59/h5-13,18-19,21-22,25,27,29-31,33,37,43,51H,14-17,20,41H2,1-4H3,(H,44,54)(H,48,53)(H,56,57)(H2,45,46,58)(H,47,52,59)/t22-,25+,27-,29-,30-,31+,33-,37+/m0/s1. The molecule has 5 amide bonds. The molecule has 0 aliphatic carbocycles. The molecule has 322 valence electrons. The van der Waals surface area contributed by atoms with Crippen molar-refractivity contribution < 1.29 is 38.9 Å². The highest BCUT2D eigenvalue weighted by Gasteiger charge is 2.39. The molecule has 4 aromatic rings. The van der Waals surface area contributed by atoms with Crippen molar-refractivity contribution in [1.29, 1.82) is 0 Å². The summed E-state index contributed by atoms with van der Waals surface area (Å²) < 4.78 is 6.88. The van der Waals surface area contributed by atoms with Gasteiger partial charge in [-0.05, 0) is 48.9 Å². The van der Waals surface area contributed by atoms with Crippen molar-refractivity contribution in [2.24, 2.45) is 11.7 Å². The van der Waals surface area contributed by atoms with Crippen LogP contribution in [0, 0.1) is 5.92 Å². The topological polar surface area (TPSA) is 296 Å². The van der Waals surface area contributed by atoms with Gasteiger partial charge in [-0.1, -0.05) is 38.1 Å². The number of carbonyl (C=O) groups excluding carboxylic acids is 4. The zero-order chi connectivity index (χ0) is 43.7. The largest absolute Gasteiger partial charge is 0.480 e. The van der Waals surface area contributed by atoms with E-state index in [4.69, 9.17) is 10.5 Å². The molecule has 1 aromatic carbocycles. The smallest absolute Gasteiger partial charge is 0.330 e. The van der Waals surface area contributed by atoms with Gasteiger partial charge in [0.1, 0.15) is 24.2 Å². The Morgan fingerprint density at radius 2 is 1.73 bits per heavy atom. The number of likely N-dealkylation sites (N-methyl/N-ethyl adjacent to an activating group) is 1. The Labute approximate surface area is 344 Å². The number of aromatic nitrogens is 4. The first-order valence-electron chi connectivity index (χ1n) is 19.5. The molecule has 20 nitrogen and oxygen atoms in total. The minimum atomic E-state index is -1.44. The van der Waals surface area contributed by atoms with Crippen LogP contribution in [0.15, 0.2) is 76.8 Å². The van der Waals surface area contributed by atoms with Crippen LogP contribution in [0.3, 0.4) is 0 Å². The normalized spacial score (nSPS) is 18.8. The summed E-state index contributed by atoms with van der Waals surface area (Å²) in [4.78, 5) is 102. The summed E-state index contributed by atoms with van der Waals surface area (Å²) in [5.74, 6) is -3.54. The third-order valence-electron chi connectivity index (χ3n) is 10.3. The van der Waals surface area contributed by atoms with Crippen molar-refractivity contribution in [3.8, 4) is 0 Å². The van der Waals surface area contributed by atoms with Gasteiger partial charge >= 0.3 is 17.7 Å². The molecule has 1 aliphatic heterocycles. The highest BCUT2D eigenvalue weighted by Crippen LogP contribution is 2.27. The van der Waals surface area contributed by atoms with Crippen LogP contribution in [0.1, 0.15) is 51.0 Å². The number of benzene rings is 1. The zero-order valence-electron chi connectivity index (χ0n) is 33.7. The number of nitrogens with zero attached hydrogens (tertiary/aromatic N) is 3. The van der Waals surface area contributed by atoms with E-state index in [1.54, 1.807) is 30.7 Å². The molecule has 0 saturated carbocycles. The number of aliphatic carboxylic acids is 1. The Morgan fingerprint density at radius 3 is 2.42 bits per heavy atom. The number of carboxylic acids is 1. The van der Waals surface area contributed by atoms with Gasteiger partial charge < -0.3 is 51.8 Å². The van der Waals surface area contributed by atoms with Gasteiger partial charge in [-0.15, -0.1) is 0 Å². The summed E-state index contributed by atoms with van der Waals surface area (Å²) in [6, 6.07) is 4.84. The lowest BCUT2D eigenvalue weighted by Gasteiger charge is -2.34. The number of nitrogens with one attached hydrogen (secondary N) is 6. The number of para-hydroxylation sites is 1. The SMILES string of the molecule is CC(C)C[C@H](NC(=O)N[C@@H](Cc1c[nH]c2ccccc12)C(=O)O)C(=O)N[C@H](C(=O)NC[C@H]1C[C@@H](O)[C@H](n2ccc(=O)[nH]c2=O)O1)[C@H](C)N(C)C(=O)[C@@H](N)Cc1cccnc1. The van der Waals surface area contributed by atoms with Crippen molar-refractivity contribution >= 4 is 40.6 Å². The summed E-state index contributed by atoms with van der Waals surface area (Å²) >= 11 is 0. The number of urea groups is 1. The number of H-pyrrole nitrogens is 2. The number of carbonyl (C=O) groups is 5. The van der Waals surface area contributed by atoms with Gasteiger partial charge in [0.25, 0.3) is 5.56 Å². The van der Waals surface area contributed by atoms with Crippen LogP contribution in [0.2, 0.25) is 0 Å². The van der Waals surface area contributed by atoms with E-state index >= 15 is 0 Å². The van der Waals surface area contributed by atoms with E-state index in [-0.39, 0.29) is 38.1 Å². The van der Waals surface area contributed by atoms with Crippen LogP contribution in [-0.4, -0.2) is 120 Å². The maximum Gasteiger partial charge on any atom is 0.330 e. The lowest BCUT2D eigenvalue weighted by Crippen LogP contribution is -2.63. The molecular formula is C40H52N10O10. The molecule has 1 fully saturated rings. The Bertz CT molecular complexity index is 2260. The predicted octanol–water partition coefficient (Wildman–Crippen LogP) is -0.511. The number of fused-ring (bicyclic) bond motifs is 1. The number of nitrogens with two attached hydrogens (primary N) is 1. The first kappa shape index (κ1) is 44.7. The van der Waals surface area contributed by atoms with E-state index in [0.29, 0.717) is 11.1 Å². The van der Waals surface area contributed by atoms with Crippen LogP contribution in [-0.2, 0) is 36.8 Å². The van der Waals surface area contributed by atoms with Crippen molar-refractivity contribution in [3.05, 3.63) is 99.2 Å². The summed E-state index contributed by atoms with van der Waals surface area (Å²) in [5.41, 5.74) is 7.03. The lowest BCUT2D eigenvalue weighted by molar-refractivity contribution is -0.139. The Morgan fingerprint density at radius 1 is 1.00 bits per heavy atom. The fourth-order valence-corrected chi connectivity index (χ4v) is 7.05. The molecule has 0 spiro atoms. The highest BCUT2D eigenvalue weighted by atomic mass is 16.5. The molecular weight excluding hydrogens is 780 g/mol. The summed E-state index contributed by atoms with van der Waals surface area (Å²) in [6.45, 7) is 4.97. The van der Waals surface area contributed by atoms with Crippen LogP contribution < -0.4 is 38.2 Å². The Hall–Kier alpha value is -6.38. The van der Waals surface area contributed by atoms with Gasteiger partial charge in [-0.3, -0.25) is 33.7 Å². The van der Waals surface area contributed by atoms with Crippen LogP contribution in [0.25, 0.3) is 10.9 Å². The van der Waals surface area contributed by atoms with Gasteiger partial charge in [-0.25, -0.2) is 14.4 Å². The number of ether oxygens (including phenoxy) is 1. The number of aromatic amines is 2. The monoisotopic (exact) mass is 832 g/mol. The molecule has 1 saturated heterocycles. The van der Waals surface area contributed by atoms with Gasteiger partial charge in [0.15, 0.2) is 6.23 Å². The number of aliphatic hydroxyl groups excluding tert-OH is 1. The quantitative estimate of drug-likeness (QED) is 0.0613. The van der Waals surface area contributed by atoms with E-state index in [1.807, 2.05) is 38.1 Å². The number of amides is 5. The lowest BCUT2D eigenvalue weighted by atomic mass is 10.0. The van der Waals surface area contributed by atoms with Gasteiger partial charge in [0.05, 0.1) is 18.2 Å². The first-order chi connectivity index (χ1) is 28.5. The molecule has 3 aromatic heterocycles. The van der Waals surface area contributed by atoms with Crippen LogP contribution in [0.4, 0.5) is 4.79 Å². The maximum atomic E-state index is 14.1. The maximum absolute atomic E-state index is 14.1. The minimum Gasteiger partial charge on any atom is -0.480 e. The third kappa shape index (κ3) is 11.4. The van der Waals surface area contributed by atoms with E-state index in [9.17, 15) is 43.8 Å². The van der Waals surface area contributed by atoms with E-state index in [0.717, 1.165) is 21.5 Å². The number of carboxylic acid groups (broad SMARTS) is 1. The number of rotatable bonds is 18. The van der Waals surface area contributed by atoms with E-state index in [1.165, 1.54) is 25.1 Å². The highest BCUT2D eigenvalue weighted by molar-refractivity contribution is 5.93. The first-order valence-corrected chi connectivity index (χ1v) is 19.5. The van der Waals surface area contributed by atoms with Crippen LogP contribution in [0.5, 0.6) is 0 Å². The molecule has 0 radical (unpaired) electrons. The number of hydrogen-bond donors (Lipinski definition) is 9. The van der Waals surface area contributed by atoms with E-state index < -0.39 is 89.6 Å². The molecule has 4 heterocycles. The Balaban J connectivity index is 1.31. The van der Waals surface area contributed by atoms with Crippen molar-refractivity contribution in [2.75, 3.05) is 13.6 Å². The van der Waals surface area contributed by atoms with E-state index in [2.05, 4.69) is 36.2 Å². The summed E-state index contributed by atoms with van der Waals surface area (Å²) in [6.07, 6.45) is 3.04. The van der Waals surface area contributed by atoms with Crippen molar-refractivity contribution in [2.45, 2.75) is 95.1 Å². The van der Waals surface area contributed by atoms with Gasteiger partial charge in [0.2, 0.25) is 17.7 Å².